The van der Waals surface area contributed by atoms with Crippen molar-refractivity contribution in [3.8, 4) is 22.9 Å². The van der Waals surface area contributed by atoms with Crippen molar-refractivity contribution < 1.29 is 19.0 Å². The topological polar surface area (TPSA) is 122 Å². The number of pyridine rings is 2. The van der Waals surface area contributed by atoms with Crippen LogP contribution in [0.1, 0.15) is 62.7 Å². The van der Waals surface area contributed by atoms with Gasteiger partial charge in [0, 0.05) is 36.1 Å². The van der Waals surface area contributed by atoms with Crippen molar-refractivity contribution in [3.05, 3.63) is 65.8 Å². The summed E-state index contributed by atoms with van der Waals surface area (Å²) in [4.78, 5) is 18.5. The predicted molar refractivity (Wildman–Crippen MR) is 140 cm³/mol. The number of rotatable bonds is 6. The molecule has 5 rings (SSSR count). The van der Waals surface area contributed by atoms with E-state index in [1.807, 2.05) is 23.9 Å². The number of nitrogens with zero attached hydrogens (tertiary/aromatic N) is 7. The van der Waals surface area contributed by atoms with Crippen LogP contribution in [-0.4, -0.2) is 59.0 Å². The van der Waals surface area contributed by atoms with Gasteiger partial charge < -0.3 is 14.7 Å². The molecule has 1 fully saturated rings. The lowest BCUT2D eigenvalue weighted by Gasteiger charge is -2.36. The molecule has 1 saturated heterocycles. The van der Waals surface area contributed by atoms with Gasteiger partial charge in [-0.15, -0.1) is 0 Å². The molecule has 0 aromatic carbocycles. The Balaban J connectivity index is 1.49. The van der Waals surface area contributed by atoms with E-state index in [-0.39, 0.29) is 11.9 Å². The summed E-state index contributed by atoms with van der Waals surface area (Å²) in [7, 11) is 0. The summed E-state index contributed by atoms with van der Waals surface area (Å²) in [6, 6.07) is 6.86. The molecule has 202 valence electrons. The first kappa shape index (κ1) is 26.3. The van der Waals surface area contributed by atoms with Gasteiger partial charge in [0.1, 0.15) is 40.4 Å². The molecule has 1 amide bonds. The number of halogens is 1. The average Bonchev–Trinajstić information content (AvgIpc) is 3.51. The Labute approximate surface area is 225 Å². The van der Waals surface area contributed by atoms with Gasteiger partial charge in [-0.2, -0.15) is 15.5 Å². The fourth-order valence-electron chi connectivity index (χ4n) is 5.08. The molecule has 11 heteroatoms. The number of fused-ring (bicyclic) bond motifs is 1. The first-order valence-corrected chi connectivity index (χ1v) is 12.8. The predicted octanol–water partition coefficient (Wildman–Crippen LogP) is 3.99. The quantitative estimate of drug-likeness (QED) is 0.399. The number of carbonyl (C=O) groups is 1. The third-order valence-electron chi connectivity index (χ3n) is 7.08. The largest absolute Gasteiger partial charge is 0.482 e. The fraction of sp³-hybridized carbons (Fsp3) is 0.393. The van der Waals surface area contributed by atoms with E-state index in [0.717, 1.165) is 35.9 Å². The van der Waals surface area contributed by atoms with Crippen LogP contribution in [0, 0.1) is 24.1 Å². The monoisotopic (exact) mass is 531 g/mol. The Bertz CT molecular complexity index is 1560. The number of piperidine rings is 1. The normalized spacial score (nSPS) is 16.7. The zero-order chi connectivity index (χ0) is 27.9. The minimum absolute atomic E-state index is 0.0299. The summed E-state index contributed by atoms with van der Waals surface area (Å²) in [5.74, 6) is -0.288. The fourth-order valence-corrected chi connectivity index (χ4v) is 5.08. The molecule has 39 heavy (non-hydrogen) atoms. The number of ether oxygens (including phenoxy) is 1. The SMILES string of the molecule is Cc1c(-c2cc(O[C@H](C)c3ccc(F)cn3)c3c(C#N)cnn3c2)cnn1[C@H]1CCCN(C(=O)C(C)(C)O)C1. The van der Waals surface area contributed by atoms with Crippen molar-refractivity contribution in [1.29, 1.82) is 5.26 Å². The molecule has 0 spiro atoms. The van der Waals surface area contributed by atoms with Crippen molar-refractivity contribution in [2.24, 2.45) is 0 Å². The standard InChI is InChI=1S/C28H30FN7O3/c1-17-23(14-33-36(17)22-6-5-9-34(16-22)27(37)28(3,4)38)19-10-25(26-20(11-30)12-32-35(26)15-19)39-18(2)24-8-7-21(29)13-31-24/h7-8,10,12-15,18,22,38H,5-6,9,16H2,1-4H3/t18-,22+/m1/s1. The Morgan fingerprint density at radius 3 is 2.77 bits per heavy atom. The summed E-state index contributed by atoms with van der Waals surface area (Å²) < 4.78 is 23.2. The summed E-state index contributed by atoms with van der Waals surface area (Å²) in [5, 5.41) is 28.9. The van der Waals surface area contributed by atoms with Crippen LogP contribution < -0.4 is 4.74 Å². The highest BCUT2D eigenvalue weighted by molar-refractivity contribution is 5.84. The zero-order valence-electron chi connectivity index (χ0n) is 22.3. The number of aromatic nitrogens is 5. The van der Waals surface area contributed by atoms with Gasteiger partial charge in [-0.1, -0.05) is 0 Å². The number of nitriles is 1. The van der Waals surface area contributed by atoms with Gasteiger partial charge in [-0.3, -0.25) is 14.5 Å². The third kappa shape index (κ3) is 5.07. The van der Waals surface area contributed by atoms with E-state index in [9.17, 15) is 19.6 Å². The number of amides is 1. The summed E-state index contributed by atoms with van der Waals surface area (Å²) in [5.41, 5.74) is 2.55. The first-order chi connectivity index (χ1) is 18.6. The maximum absolute atomic E-state index is 13.4. The van der Waals surface area contributed by atoms with E-state index in [4.69, 9.17) is 4.74 Å². The van der Waals surface area contributed by atoms with E-state index < -0.39 is 17.5 Å². The minimum atomic E-state index is -1.43. The van der Waals surface area contributed by atoms with Gasteiger partial charge in [0.25, 0.3) is 5.91 Å². The van der Waals surface area contributed by atoms with Crippen molar-refractivity contribution in [1.82, 2.24) is 29.3 Å². The number of hydrogen-bond acceptors (Lipinski definition) is 7. The Kier molecular flexibility index (Phi) is 6.82. The molecule has 2 atom stereocenters. The van der Waals surface area contributed by atoms with E-state index >= 15 is 0 Å². The molecule has 1 N–H and O–H groups in total. The highest BCUT2D eigenvalue weighted by atomic mass is 19.1. The van der Waals surface area contributed by atoms with E-state index in [1.54, 1.807) is 28.6 Å². The van der Waals surface area contributed by atoms with Gasteiger partial charge in [0.2, 0.25) is 0 Å². The number of likely N-dealkylation sites (tertiary alicyclic amines) is 1. The molecule has 0 unspecified atom stereocenters. The van der Waals surface area contributed by atoms with Gasteiger partial charge >= 0.3 is 0 Å². The highest BCUT2D eigenvalue weighted by Crippen LogP contribution is 2.35. The molecule has 0 radical (unpaired) electrons. The van der Waals surface area contributed by atoms with E-state index in [2.05, 4.69) is 21.3 Å². The number of hydrogen-bond donors (Lipinski definition) is 1. The maximum atomic E-state index is 13.4. The first-order valence-electron chi connectivity index (χ1n) is 12.8. The molecule has 0 bridgehead atoms. The summed E-state index contributed by atoms with van der Waals surface area (Å²) in [6.07, 6.45) is 7.37. The van der Waals surface area contributed by atoms with Crippen molar-refractivity contribution in [2.75, 3.05) is 13.1 Å². The van der Waals surface area contributed by atoms with Gasteiger partial charge in [0.15, 0.2) is 0 Å². The lowest BCUT2D eigenvalue weighted by atomic mass is 10.0. The Hall–Kier alpha value is -4.30. The van der Waals surface area contributed by atoms with Crippen molar-refractivity contribution in [3.63, 3.8) is 0 Å². The highest BCUT2D eigenvalue weighted by Gasteiger charge is 2.34. The molecule has 5 heterocycles. The number of aliphatic hydroxyl groups is 1. The van der Waals surface area contributed by atoms with Crippen LogP contribution in [0.4, 0.5) is 4.39 Å². The second kappa shape index (κ2) is 10.1. The minimum Gasteiger partial charge on any atom is -0.482 e. The third-order valence-corrected chi connectivity index (χ3v) is 7.08. The Morgan fingerprint density at radius 1 is 1.28 bits per heavy atom. The molecule has 0 aliphatic carbocycles. The van der Waals surface area contributed by atoms with Crippen LogP contribution >= 0.6 is 0 Å². The molecule has 10 nitrogen and oxygen atoms in total. The molecule has 0 saturated carbocycles. The van der Waals surface area contributed by atoms with Gasteiger partial charge in [0.05, 0.1) is 30.3 Å². The average molecular weight is 532 g/mol. The lowest BCUT2D eigenvalue weighted by molar-refractivity contribution is -0.149. The maximum Gasteiger partial charge on any atom is 0.254 e. The van der Waals surface area contributed by atoms with Crippen LogP contribution in [-0.2, 0) is 4.79 Å². The van der Waals surface area contributed by atoms with E-state index in [0.29, 0.717) is 35.6 Å². The molecular formula is C28H30FN7O3. The molecule has 4 aromatic rings. The molecule has 1 aliphatic rings. The second-order valence-corrected chi connectivity index (χ2v) is 10.4. The summed E-state index contributed by atoms with van der Waals surface area (Å²) in [6.45, 7) is 7.85. The molecular weight excluding hydrogens is 501 g/mol. The van der Waals surface area contributed by atoms with Crippen LogP contribution in [0.3, 0.4) is 0 Å². The van der Waals surface area contributed by atoms with Crippen LogP contribution in [0.5, 0.6) is 5.75 Å². The van der Waals surface area contributed by atoms with Crippen molar-refractivity contribution >= 4 is 11.4 Å². The smallest absolute Gasteiger partial charge is 0.254 e. The number of carbonyl (C=O) groups excluding carboxylic acids is 1. The molecule has 1 aliphatic heterocycles. The lowest BCUT2D eigenvalue weighted by Crippen LogP contribution is -2.49. The second-order valence-electron chi connectivity index (χ2n) is 10.4. The van der Waals surface area contributed by atoms with Crippen LogP contribution in [0.2, 0.25) is 0 Å². The van der Waals surface area contributed by atoms with Gasteiger partial charge in [-0.05, 0) is 58.7 Å². The van der Waals surface area contributed by atoms with Crippen LogP contribution in [0.25, 0.3) is 16.6 Å². The summed E-state index contributed by atoms with van der Waals surface area (Å²) >= 11 is 0. The van der Waals surface area contributed by atoms with Gasteiger partial charge in [-0.25, -0.2) is 8.91 Å². The van der Waals surface area contributed by atoms with Crippen molar-refractivity contribution in [2.45, 2.75) is 58.3 Å². The van der Waals surface area contributed by atoms with Crippen LogP contribution in [0.15, 0.2) is 43.0 Å². The van der Waals surface area contributed by atoms with E-state index in [1.165, 1.54) is 26.1 Å². The Morgan fingerprint density at radius 2 is 2.08 bits per heavy atom. The zero-order valence-corrected chi connectivity index (χ0v) is 22.3. The molecule has 4 aromatic heterocycles.